The summed E-state index contributed by atoms with van der Waals surface area (Å²) < 4.78 is 1.72. The number of nitrogens with zero attached hydrogens (tertiary/aromatic N) is 3. The molecule has 23 heavy (non-hydrogen) atoms. The van der Waals surface area contributed by atoms with Gasteiger partial charge in [0.1, 0.15) is 5.82 Å². The molecule has 1 N–H and O–H groups in total. The van der Waals surface area contributed by atoms with Gasteiger partial charge in [-0.3, -0.25) is 4.90 Å². The van der Waals surface area contributed by atoms with E-state index in [0.717, 1.165) is 44.0 Å². The summed E-state index contributed by atoms with van der Waals surface area (Å²) in [5, 5.41) is 6.95. The zero-order valence-electron chi connectivity index (χ0n) is 13.8. The quantitative estimate of drug-likeness (QED) is 0.883. The fourth-order valence-corrected chi connectivity index (χ4v) is 3.15. The van der Waals surface area contributed by atoms with Gasteiger partial charge in [-0.2, -0.15) is 5.10 Å². The molecule has 1 atom stereocenters. The van der Waals surface area contributed by atoms with Gasteiger partial charge in [-0.15, -0.1) is 0 Å². The second kappa shape index (κ2) is 6.96. The maximum atomic E-state index is 12.2. The van der Waals surface area contributed by atoms with Crippen molar-refractivity contribution in [3.05, 3.63) is 58.3 Å². The number of hydrogen-bond acceptors (Lipinski definition) is 3. The minimum atomic E-state index is -0.160. The van der Waals surface area contributed by atoms with Crippen LogP contribution in [0, 0.1) is 0 Å². The Morgan fingerprint density at radius 2 is 2.13 bits per heavy atom. The molecule has 0 radical (unpaired) electrons. The van der Waals surface area contributed by atoms with Crippen LogP contribution in [-0.4, -0.2) is 39.3 Å². The highest BCUT2D eigenvalue weighted by Crippen LogP contribution is 2.26. The number of H-pyrrole nitrogens is 1. The standard InChI is InChI=1S/C18H24N4O/c1-14(2)10-12-21-11-6-7-15(13-21)17-19-20-18(23)22(17)16-8-4-3-5-9-16/h3-5,8-10,15H,6-7,11-13H2,1-2H3,(H,20,23)/t15-/m1/s1. The Morgan fingerprint density at radius 1 is 1.35 bits per heavy atom. The van der Waals surface area contributed by atoms with Crippen LogP contribution in [0.1, 0.15) is 38.4 Å². The fourth-order valence-electron chi connectivity index (χ4n) is 3.15. The average molecular weight is 312 g/mol. The molecule has 1 aliphatic heterocycles. The molecule has 0 bridgehead atoms. The molecule has 1 aromatic heterocycles. The van der Waals surface area contributed by atoms with Crippen LogP contribution in [0.4, 0.5) is 0 Å². The van der Waals surface area contributed by atoms with E-state index >= 15 is 0 Å². The van der Waals surface area contributed by atoms with E-state index in [1.807, 2.05) is 30.3 Å². The Balaban J connectivity index is 1.85. The molecular weight excluding hydrogens is 288 g/mol. The second-order valence-corrected chi connectivity index (χ2v) is 6.44. The zero-order chi connectivity index (χ0) is 16.2. The molecule has 1 saturated heterocycles. The van der Waals surface area contributed by atoms with Crippen LogP contribution in [-0.2, 0) is 0 Å². The molecule has 0 amide bonds. The molecule has 0 spiro atoms. The second-order valence-electron chi connectivity index (χ2n) is 6.44. The number of benzene rings is 1. The first kappa shape index (κ1) is 15.7. The highest BCUT2D eigenvalue weighted by atomic mass is 16.1. The van der Waals surface area contributed by atoms with E-state index < -0.39 is 0 Å². The summed E-state index contributed by atoms with van der Waals surface area (Å²) in [5.74, 6) is 1.14. The van der Waals surface area contributed by atoms with Crippen LogP contribution in [0.2, 0.25) is 0 Å². The summed E-state index contributed by atoms with van der Waals surface area (Å²) in [4.78, 5) is 14.6. The summed E-state index contributed by atoms with van der Waals surface area (Å²) in [7, 11) is 0. The number of nitrogens with one attached hydrogen (secondary N) is 1. The van der Waals surface area contributed by atoms with Gasteiger partial charge in [-0.1, -0.05) is 29.8 Å². The average Bonchev–Trinajstić information content (AvgIpc) is 2.96. The van der Waals surface area contributed by atoms with E-state index in [-0.39, 0.29) is 11.6 Å². The molecule has 1 aromatic carbocycles. The van der Waals surface area contributed by atoms with Crippen LogP contribution >= 0.6 is 0 Å². The van der Waals surface area contributed by atoms with E-state index in [2.05, 4.69) is 35.0 Å². The monoisotopic (exact) mass is 312 g/mol. The SMILES string of the molecule is CC(C)=CCN1CCC[C@@H](c2n[nH]c(=O)n2-c2ccccc2)C1. The molecule has 2 aromatic rings. The third-order valence-corrected chi connectivity index (χ3v) is 4.34. The molecule has 5 heteroatoms. The van der Waals surface area contributed by atoms with Crippen molar-refractivity contribution in [3.63, 3.8) is 0 Å². The van der Waals surface area contributed by atoms with E-state index in [9.17, 15) is 4.79 Å². The number of aromatic amines is 1. The van der Waals surface area contributed by atoms with E-state index in [1.54, 1.807) is 4.57 Å². The molecule has 0 saturated carbocycles. The Bertz CT molecular complexity index is 725. The number of allylic oxidation sites excluding steroid dienone is 1. The summed E-state index contributed by atoms with van der Waals surface area (Å²) in [6, 6.07) is 9.74. The lowest BCUT2D eigenvalue weighted by Gasteiger charge is -2.31. The van der Waals surface area contributed by atoms with E-state index in [0.29, 0.717) is 0 Å². The van der Waals surface area contributed by atoms with Crippen LogP contribution in [0.25, 0.3) is 5.69 Å². The number of hydrogen-bond donors (Lipinski definition) is 1. The van der Waals surface area contributed by atoms with Gasteiger partial charge in [-0.05, 0) is 45.4 Å². The van der Waals surface area contributed by atoms with Gasteiger partial charge in [0.25, 0.3) is 0 Å². The van der Waals surface area contributed by atoms with Gasteiger partial charge in [-0.25, -0.2) is 14.5 Å². The van der Waals surface area contributed by atoms with Gasteiger partial charge in [0, 0.05) is 19.0 Å². The van der Waals surface area contributed by atoms with Crippen molar-refractivity contribution in [3.8, 4) is 5.69 Å². The van der Waals surface area contributed by atoms with E-state index in [4.69, 9.17) is 0 Å². The lowest BCUT2D eigenvalue weighted by molar-refractivity contribution is 0.222. The molecule has 2 heterocycles. The van der Waals surface area contributed by atoms with Gasteiger partial charge in [0.2, 0.25) is 0 Å². The smallest absolute Gasteiger partial charge is 0.299 e. The fraction of sp³-hybridized carbons (Fsp3) is 0.444. The Labute approximate surface area is 136 Å². The van der Waals surface area contributed by atoms with Crippen LogP contribution in [0.15, 0.2) is 46.8 Å². The molecule has 1 aliphatic rings. The normalized spacial score (nSPS) is 18.8. The molecule has 3 rings (SSSR count). The first-order valence-corrected chi connectivity index (χ1v) is 8.23. The number of rotatable bonds is 4. The summed E-state index contributed by atoms with van der Waals surface area (Å²) in [5.41, 5.74) is 2.06. The van der Waals surface area contributed by atoms with Crippen molar-refractivity contribution in [1.82, 2.24) is 19.7 Å². The first-order chi connectivity index (χ1) is 11.1. The van der Waals surface area contributed by atoms with Gasteiger partial charge < -0.3 is 0 Å². The molecule has 122 valence electrons. The Morgan fingerprint density at radius 3 is 2.87 bits per heavy atom. The lowest BCUT2D eigenvalue weighted by Crippen LogP contribution is -2.36. The van der Waals surface area contributed by atoms with Crippen LogP contribution in [0.3, 0.4) is 0 Å². The predicted octanol–water partition coefficient (Wildman–Crippen LogP) is 2.71. The Kier molecular flexibility index (Phi) is 4.76. The first-order valence-electron chi connectivity index (χ1n) is 8.23. The van der Waals surface area contributed by atoms with Gasteiger partial charge >= 0.3 is 5.69 Å². The van der Waals surface area contributed by atoms with Crippen LogP contribution < -0.4 is 5.69 Å². The van der Waals surface area contributed by atoms with Gasteiger partial charge in [0.15, 0.2) is 0 Å². The number of para-hydroxylation sites is 1. The van der Waals surface area contributed by atoms with Crippen molar-refractivity contribution >= 4 is 0 Å². The van der Waals surface area contributed by atoms with Crippen LogP contribution in [0.5, 0.6) is 0 Å². The summed E-state index contributed by atoms with van der Waals surface area (Å²) >= 11 is 0. The number of piperidine rings is 1. The zero-order valence-corrected chi connectivity index (χ0v) is 13.8. The molecule has 0 unspecified atom stereocenters. The highest BCUT2D eigenvalue weighted by molar-refractivity contribution is 5.32. The summed E-state index contributed by atoms with van der Waals surface area (Å²) in [6.45, 7) is 7.28. The predicted molar refractivity (Wildman–Crippen MR) is 92.0 cm³/mol. The minimum Gasteiger partial charge on any atom is -0.299 e. The number of likely N-dealkylation sites (tertiary alicyclic amines) is 1. The topological polar surface area (TPSA) is 53.9 Å². The number of aromatic nitrogens is 3. The minimum absolute atomic E-state index is 0.160. The van der Waals surface area contributed by atoms with Crippen molar-refractivity contribution in [1.29, 1.82) is 0 Å². The molecule has 5 nitrogen and oxygen atoms in total. The molecule has 0 aliphatic carbocycles. The van der Waals surface area contributed by atoms with Crippen molar-refractivity contribution in [2.75, 3.05) is 19.6 Å². The highest BCUT2D eigenvalue weighted by Gasteiger charge is 2.26. The van der Waals surface area contributed by atoms with Gasteiger partial charge in [0.05, 0.1) is 5.69 Å². The maximum Gasteiger partial charge on any atom is 0.347 e. The van der Waals surface area contributed by atoms with E-state index in [1.165, 1.54) is 5.57 Å². The van der Waals surface area contributed by atoms with Crippen molar-refractivity contribution < 1.29 is 0 Å². The molecule has 1 fully saturated rings. The Hall–Kier alpha value is -2.14. The maximum absolute atomic E-state index is 12.2. The summed E-state index contributed by atoms with van der Waals surface area (Å²) in [6.07, 6.45) is 4.47. The third kappa shape index (κ3) is 3.62. The largest absolute Gasteiger partial charge is 0.347 e. The lowest BCUT2D eigenvalue weighted by atomic mass is 9.97. The molecular formula is C18H24N4O. The third-order valence-electron chi connectivity index (χ3n) is 4.34. The van der Waals surface area contributed by atoms with Crippen molar-refractivity contribution in [2.45, 2.75) is 32.6 Å². The van der Waals surface area contributed by atoms with Crippen molar-refractivity contribution in [2.24, 2.45) is 0 Å².